The minimum absolute atomic E-state index is 0.0872. The van der Waals surface area contributed by atoms with Crippen LogP contribution in [0.3, 0.4) is 0 Å². The predicted molar refractivity (Wildman–Crippen MR) is 142 cm³/mol. The fourth-order valence-electron chi connectivity index (χ4n) is 4.49. The van der Waals surface area contributed by atoms with Crippen molar-refractivity contribution in [3.63, 3.8) is 0 Å². The topological polar surface area (TPSA) is 133 Å². The Bertz CT molecular complexity index is 1280. The van der Waals surface area contributed by atoms with Crippen molar-refractivity contribution >= 4 is 35.5 Å². The van der Waals surface area contributed by atoms with Crippen molar-refractivity contribution in [1.82, 2.24) is 15.6 Å². The largest absolute Gasteiger partial charge is 0.475 e. The number of nitrogens with one attached hydrogen (secondary N) is 2. The Labute approximate surface area is 216 Å². The van der Waals surface area contributed by atoms with Crippen LogP contribution in [0.5, 0.6) is 0 Å². The molecular formula is C27H31BN4O5. The van der Waals surface area contributed by atoms with Crippen molar-refractivity contribution in [2.45, 2.75) is 44.7 Å². The number of rotatable bonds is 10. The highest BCUT2D eigenvalue weighted by Gasteiger charge is 2.48. The lowest BCUT2D eigenvalue weighted by atomic mass is 9.74. The van der Waals surface area contributed by atoms with Crippen molar-refractivity contribution in [3.05, 3.63) is 78.0 Å². The molecular weight excluding hydrogens is 471 g/mol. The van der Waals surface area contributed by atoms with Crippen LogP contribution in [0.2, 0.25) is 0 Å². The highest BCUT2D eigenvalue weighted by Crippen LogP contribution is 2.29. The van der Waals surface area contributed by atoms with Crippen LogP contribution in [-0.4, -0.2) is 57.8 Å². The third-order valence-corrected chi connectivity index (χ3v) is 6.32. The Balaban J connectivity index is 1.48. The molecule has 1 unspecified atom stereocenters. The number of carbonyl (C=O) groups excluding carboxylic acids is 2. The molecule has 1 aliphatic heterocycles. The minimum atomic E-state index is -1.71. The van der Waals surface area contributed by atoms with E-state index in [0.717, 1.165) is 10.9 Å². The predicted octanol–water partition coefficient (Wildman–Crippen LogP) is 2.27. The number of oxime groups is 1. The summed E-state index contributed by atoms with van der Waals surface area (Å²) < 4.78 is 0. The van der Waals surface area contributed by atoms with Gasteiger partial charge in [-0.3, -0.25) is 14.6 Å². The zero-order valence-electron chi connectivity index (χ0n) is 20.9. The van der Waals surface area contributed by atoms with Crippen LogP contribution in [0.4, 0.5) is 0 Å². The number of fused-ring (bicyclic) bond motifs is 1. The maximum absolute atomic E-state index is 13.5. The monoisotopic (exact) mass is 502 g/mol. The van der Waals surface area contributed by atoms with Crippen LogP contribution in [-0.2, 0) is 16.1 Å². The van der Waals surface area contributed by atoms with Gasteiger partial charge in [0.15, 0.2) is 0 Å². The molecule has 4 rings (SSSR count). The molecule has 0 radical (unpaired) electrons. The summed E-state index contributed by atoms with van der Waals surface area (Å²) in [7, 11) is -1.71. The normalized spacial score (nSPS) is 17.7. The molecule has 0 saturated carbocycles. The molecule has 9 nitrogen and oxygen atoms in total. The van der Waals surface area contributed by atoms with Gasteiger partial charge in [-0.2, -0.15) is 0 Å². The van der Waals surface area contributed by atoms with E-state index in [1.165, 1.54) is 0 Å². The van der Waals surface area contributed by atoms with Gasteiger partial charge in [-0.1, -0.05) is 67.5 Å². The van der Waals surface area contributed by atoms with Crippen molar-refractivity contribution in [3.8, 4) is 0 Å². The molecule has 3 aromatic rings. The molecule has 0 saturated heterocycles. The quantitative estimate of drug-likeness (QED) is 0.315. The van der Waals surface area contributed by atoms with Crippen LogP contribution in [0.15, 0.2) is 72.0 Å². The number of nitrogens with zero attached hydrogens (tertiary/aromatic N) is 2. The molecule has 2 aromatic carbocycles. The highest BCUT2D eigenvalue weighted by atomic mass is 16.7. The summed E-state index contributed by atoms with van der Waals surface area (Å²) >= 11 is 0. The molecule has 0 fully saturated rings. The second-order valence-electron chi connectivity index (χ2n) is 9.77. The van der Waals surface area contributed by atoms with Crippen molar-refractivity contribution in [2.75, 3.05) is 6.54 Å². The molecule has 10 heteroatoms. The Hall–Kier alpha value is -3.76. The van der Waals surface area contributed by atoms with Gasteiger partial charge < -0.3 is 25.5 Å². The van der Waals surface area contributed by atoms with Crippen LogP contribution in [0.1, 0.15) is 42.6 Å². The van der Waals surface area contributed by atoms with Gasteiger partial charge in [-0.05, 0) is 30.0 Å². The molecule has 0 bridgehead atoms. The maximum atomic E-state index is 13.5. The van der Waals surface area contributed by atoms with E-state index in [0.29, 0.717) is 23.2 Å². The molecule has 0 spiro atoms. The van der Waals surface area contributed by atoms with Crippen molar-refractivity contribution in [2.24, 2.45) is 11.1 Å². The van der Waals surface area contributed by atoms with Crippen LogP contribution >= 0.6 is 0 Å². The molecule has 1 aromatic heterocycles. The minimum Gasteiger partial charge on any atom is -0.426 e. The molecule has 4 N–H and O–H groups in total. The fraction of sp³-hybridized carbons (Fsp3) is 0.333. The standard InChI is InChI=1S/C27H31BN4O5/c1-18(2)14-23(28(35)36)31-26(34)27(15-19-8-4-3-5-9-19)16-21(32-37-27)17-30-25(33)22-12-6-10-20-11-7-13-29-24(20)22/h3-13,18,23,35-36H,14-17H2,1-2H3,(H,30,33)(H,31,34)/t23-,27?/m0/s1. The summed E-state index contributed by atoms with van der Waals surface area (Å²) in [5, 5.41) is 30.3. The smallest absolute Gasteiger partial charge is 0.426 e. The van der Waals surface area contributed by atoms with Gasteiger partial charge in [-0.25, -0.2) is 0 Å². The number of amides is 2. The summed E-state index contributed by atoms with van der Waals surface area (Å²) in [4.78, 5) is 36.5. The molecule has 2 atom stereocenters. The number of pyridine rings is 1. The van der Waals surface area contributed by atoms with Gasteiger partial charge in [0.1, 0.15) is 0 Å². The lowest BCUT2D eigenvalue weighted by molar-refractivity contribution is -0.144. The maximum Gasteiger partial charge on any atom is 0.475 e. The van der Waals surface area contributed by atoms with E-state index >= 15 is 0 Å². The summed E-state index contributed by atoms with van der Waals surface area (Å²) in [6.07, 6.45) is 2.38. The average molecular weight is 502 g/mol. The Morgan fingerprint density at radius 1 is 1.08 bits per heavy atom. The molecule has 2 amide bonds. The van der Waals surface area contributed by atoms with Gasteiger partial charge >= 0.3 is 7.12 Å². The molecule has 192 valence electrons. The summed E-state index contributed by atoms with van der Waals surface area (Å²) in [5.41, 5.74) is 1.03. The Morgan fingerprint density at radius 3 is 2.57 bits per heavy atom. The zero-order chi connectivity index (χ0) is 26.4. The number of hydrogen-bond acceptors (Lipinski definition) is 7. The van der Waals surface area contributed by atoms with Crippen LogP contribution in [0, 0.1) is 5.92 Å². The van der Waals surface area contributed by atoms with E-state index in [1.54, 1.807) is 18.3 Å². The third-order valence-electron chi connectivity index (χ3n) is 6.32. The van der Waals surface area contributed by atoms with E-state index in [2.05, 4.69) is 20.8 Å². The van der Waals surface area contributed by atoms with Crippen molar-refractivity contribution < 1.29 is 24.5 Å². The van der Waals surface area contributed by atoms with E-state index in [-0.39, 0.29) is 31.2 Å². The number of carbonyl (C=O) groups is 2. The van der Waals surface area contributed by atoms with Gasteiger partial charge in [0.25, 0.3) is 11.8 Å². The van der Waals surface area contributed by atoms with Crippen LogP contribution < -0.4 is 10.6 Å². The van der Waals surface area contributed by atoms with Gasteiger partial charge in [0.2, 0.25) is 5.60 Å². The second kappa shape index (κ2) is 11.5. The molecule has 0 aliphatic carbocycles. The first kappa shape index (κ1) is 26.3. The zero-order valence-corrected chi connectivity index (χ0v) is 20.9. The number of para-hydroxylation sites is 1. The Morgan fingerprint density at radius 2 is 1.84 bits per heavy atom. The second-order valence-corrected chi connectivity index (χ2v) is 9.77. The fourth-order valence-corrected chi connectivity index (χ4v) is 4.49. The molecule has 2 heterocycles. The summed E-state index contributed by atoms with van der Waals surface area (Å²) in [6, 6.07) is 18.5. The third kappa shape index (κ3) is 6.33. The number of benzene rings is 2. The van der Waals surface area contributed by atoms with Gasteiger partial charge in [0, 0.05) is 24.4 Å². The average Bonchev–Trinajstić information content (AvgIpc) is 3.30. The Kier molecular flexibility index (Phi) is 8.20. The van der Waals surface area contributed by atoms with E-state index in [9.17, 15) is 19.6 Å². The first-order valence-electron chi connectivity index (χ1n) is 12.3. The molecule has 37 heavy (non-hydrogen) atoms. The molecule has 1 aliphatic rings. The summed E-state index contributed by atoms with van der Waals surface area (Å²) in [6.45, 7) is 3.95. The SMILES string of the molecule is CC(C)C[C@H](NC(=O)C1(Cc2ccccc2)CC(CNC(=O)c2cccc3cccnc23)=NO1)B(O)O. The van der Waals surface area contributed by atoms with E-state index in [1.807, 2.05) is 62.4 Å². The summed E-state index contributed by atoms with van der Waals surface area (Å²) in [5.74, 6) is -1.52. The highest BCUT2D eigenvalue weighted by molar-refractivity contribution is 6.43. The van der Waals surface area contributed by atoms with Gasteiger partial charge in [0.05, 0.1) is 29.3 Å². The first-order valence-corrected chi connectivity index (χ1v) is 12.3. The number of hydrogen-bond donors (Lipinski definition) is 4. The first-order chi connectivity index (χ1) is 17.8. The lowest BCUT2D eigenvalue weighted by Gasteiger charge is -2.29. The lowest BCUT2D eigenvalue weighted by Crippen LogP contribution is -2.56. The van der Waals surface area contributed by atoms with E-state index < -0.39 is 24.6 Å². The number of aromatic nitrogens is 1. The van der Waals surface area contributed by atoms with Gasteiger partial charge in [-0.15, -0.1) is 0 Å². The van der Waals surface area contributed by atoms with Crippen LogP contribution in [0.25, 0.3) is 10.9 Å². The van der Waals surface area contributed by atoms with Crippen molar-refractivity contribution in [1.29, 1.82) is 0 Å². The van der Waals surface area contributed by atoms with E-state index in [4.69, 9.17) is 4.84 Å².